The second kappa shape index (κ2) is 11.6. The summed E-state index contributed by atoms with van der Waals surface area (Å²) in [6.45, 7) is 5.59. The van der Waals surface area contributed by atoms with Gasteiger partial charge in [-0.1, -0.05) is 60.7 Å². The molecule has 0 spiro atoms. The van der Waals surface area contributed by atoms with Crippen LogP contribution in [0, 0.1) is 18.6 Å². The molecule has 6 heteroatoms. The monoisotopic (exact) mass is 549 g/mol. The van der Waals surface area contributed by atoms with E-state index in [0.29, 0.717) is 26.1 Å². The molecule has 2 heterocycles. The lowest BCUT2D eigenvalue weighted by Gasteiger charge is -2.37. The SMILES string of the molecule is Cc1ccccc1N1CCN(C(=O)C[C@@H](c2ccc(F)cc2)c2cn(Cc3ccc(F)cc3)c3ccccc23)CC1. The zero-order valence-electron chi connectivity index (χ0n) is 23.1. The highest BCUT2D eigenvalue weighted by Gasteiger charge is 2.28. The summed E-state index contributed by atoms with van der Waals surface area (Å²) in [6.07, 6.45) is 2.39. The number of carbonyl (C=O) groups is 1. The van der Waals surface area contributed by atoms with Crippen LogP contribution in [-0.4, -0.2) is 41.6 Å². The number of fused-ring (bicyclic) bond motifs is 1. The molecule has 1 atom stereocenters. The molecule has 0 N–H and O–H groups in total. The van der Waals surface area contributed by atoms with Crippen molar-refractivity contribution in [2.75, 3.05) is 31.1 Å². The van der Waals surface area contributed by atoms with Gasteiger partial charge in [0.15, 0.2) is 0 Å². The van der Waals surface area contributed by atoms with E-state index >= 15 is 0 Å². The van der Waals surface area contributed by atoms with E-state index in [9.17, 15) is 13.6 Å². The van der Waals surface area contributed by atoms with Gasteiger partial charge in [-0.15, -0.1) is 0 Å². The lowest BCUT2D eigenvalue weighted by atomic mass is 9.87. The van der Waals surface area contributed by atoms with Gasteiger partial charge in [-0.05, 0) is 65.6 Å². The van der Waals surface area contributed by atoms with E-state index < -0.39 is 0 Å². The maximum absolute atomic E-state index is 13.9. The maximum Gasteiger partial charge on any atom is 0.223 e. The number of nitrogens with zero attached hydrogens (tertiary/aromatic N) is 3. The van der Waals surface area contributed by atoms with Crippen molar-refractivity contribution in [1.82, 2.24) is 9.47 Å². The zero-order valence-corrected chi connectivity index (χ0v) is 23.1. The predicted molar refractivity (Wildman–Crippen MR) is 160 cm³/mol. The second-order valence-corrected chi connectivity index (χ2v) is 10.8. The van der Waals surface area contributed by atoms with Crippen LogP contribution in [0.25, 0.3) is 10.9 Å². The number of halogens is 2. The number of carbonyl (C=O) groups excluding carboxylic acids is 1. The summed E-state index contributed by atoms with van der Waals surface area (Å²) in [5.74, 6) is -0.706. The summed E-state index contributed by atoms with van der Waals surface area (Å²) >= 11 is 0. The molecule has 0 aliphatic carbocycles. The molecule has 0 saturated carbocycles. The summed E-state index contributed by atoms with van der Waals surface area (Å²) in [5, 5.41) is 1.06. The molecule has 0 bridgehead atoms. The van der Waals surface area contributed by atoms with Gasteiger partial charge in [0, 0.05) is 67.8 Å². The molecular formula is C35H33F2N3O. The third kappa shape index (κ3) is 5.73. The van der Waals surface area contributed by atoms with Crippen LogP contribution in [0.2, 0.25) is 0 Å². The van der Waals surface area contributed by atoms with Crippen LogP contribution >= 0.6 is 0 Å². The van der Waals surface area contributed by atoms with Crippen molar-refractivity contribution in [3.05, 3.63) is 137 Å². The summed E-state index contributed by atoms with van der Waals surface area (Å²) in [4.78, 5) is 18.1. The average Bonchev–Trinajstić information content (AvgIpc) is 3.36. The smallest absolute Gasteiger partial charge is 0.223 e. The summed E-state index contributed by atoms with van der Waals surface area (Å²) < 4.78 is 29.6. The van der Waals surface area contributed by atoms with E-state index in [2.05, 4.69) is 52.9 Å². The Morgan fingerprint density at radius 2 is 1.41 bits per heavy atom. The molecule has 0 unspecified atom stereocenters. The Bertz CT molecular complexity index is 1650. The fourth-order valence-corrected chi connectivity index (χ4v) is 5.99. The van der Waals surface area contributed by atoms with Crippen LogP contribution in [-0.2, 0) is 11.3 Å². The molecule has 4 nitrogen and oxygen atoms in total. The number of benzene rings is 4. The Morgan fingerprint density at radius 1 is 0.780 bits per heavy atom. The van der Waals surface area contributed by atoms with Crippen molar-refractivity contribution < 1.29 is 13.6 Å². The standard InChI is InChI=1S/C35H33F2N3O/c1-25-6-2-4-8-33(25)38-18-20-39(21-19-38)35(41)22-31(27-12-16-29(37)17-13-27)32-24-40(34-9-5-3-7-30(32)34)23-26-10-14-28(36)15-11-26/h2-17,24,31H,18-23H2,1H3/t31-/m0/s1. The van der Waals surface area contributed by atoms with E-state index in [1.165, 1.54) is 35.5 Å². The molecule has 6 rings (SSSR count). The number of hydrogen-bond acceptors (Lipinski definition) is 2. The molecule has 1 amide bonds. The third-order valence-electron chi connectivity index (χ3n) is 8.20. The first kappa shape index (κ1) is 26.8. The van der Waals surface area contributed by atoms with Crippen molar-refractivity contribution in [3.8, 4) is 0 Å². The lowest BCUT2D eigenvalue weighted by Crippen LogP contribution is -2.49. The number of para-hydroxylation sites is 2. The van der Waals surface area contributed by atoms with Crippen LogP contribution in [0.5, 0.6) is 0 Å². The third-order valence-corrected chi connectivity index (χ3v) is 8.20. The highest BCUT2D eigenvalue weighted by Crippen LogP contribution is 2.36. The van der Waals surface area contributed by atoms with Crippen molar-refractivity contribution in [1.29, 1.82) is 0 Å². The van der Waals surface area contributed by atoms with Gasteiger partial charge in [-0.2, -0.15) is 0 Å². The van der Waals surface area contributed by atoms with Crippen LogP contribution in [0.1, 0.15) is 34.6 Å². The Balaban J connectivity index is 1.29. The summed E-state index contributed by atoms with van der Waals surface area (Å²) in [6, 6.07) is 29.5. The predicted octanol–water partition coefficient (Wildman–Crippen LogP) is 7.15. The van der Waals surface area contributed by atoms with Gasteiger partial charge in [0.25, 0.3) is 0 Å². The van der Waals surface area contributed by atoms with Crippen LogP contribution in [0.4, 0.5) is 14.5 Å². The van der Waals surface area contributed by atoms with E-state index in [1.54, 1.807) is 24.3 Å². The first-order valence-corrected chi connectivity index (χ1v) is 14.1. The van der Waals surface area contributed by atoms with Gasteiger partial charge in [0.2, 0.25) is 5.91 Å². The Labute approximate surface area is 239 Å². The normalized spacial score (nSPS) is 14.4. The molecular weight excluding hydrogens is 516 g/mol. The number of hydrogen-bond donors (Lipinski definition) is 0. The van der Waals surface area contributed by atoms with Gasteiger partial charge in [-0.3, -0.25) is 4.79 Å². The molecule has 1 aromatic heterocycles. The summed E-state index contributed by atoms with van der Waals surface area (Å²) in [5.41, 5.74) is 6.42. The molecule has 1 aliphatic rings. The van der Waals surface area contributed by atoms with Crippen molar-refractivity contribution >= 4 is 22.5 Å². The number of aromatic nitrogens is 1. The topological polar surface area (TPSA) is 28.5 Å². The van der Waals surface area contributed by atoms with Crippen molar-refractivity contribution in [3.63, 3.8) is 0 Å². The highest BCUT2D eigenvalue weighted by atomic mass is 19.1. The molecule has 4 aromatic carbocycles. The van der Waals surface area contributed by atoms with E-state index in [1.807, 2.05) is 23.1 Å². The van der Waals surface area contributed by atoms with Gasteiger partial charge in [-0.25, -0.2) is 8.78 Å². The average molecular weight is 550 g/mol. The van der Waals surface area contributed by atoms with Crippen LogP contribution in [0.15, 0.2) is 103 Å². The number of anilines is 1. The van der Waals surface area contributed by atoms with Gasteiger partial charge in [0.1, 0.15) is 11.6 Å². The quantitative estimate of drug-likeness (QED) is 0.216. The van der Waals surface area contributed by atoms with Crippen LogP contribution < -0.4 is 4.90 Å². The first-order chi connectivity index (χ1) is 20.0. The van der Waals surface area contributed by atoms with Crippen molar-refractivity contribution in [2.24, 2.45) is 0 Å². The minimum atomic E-state index is -0.301. The highest BCUT2D eigenvalue weighted by molar-refractivity contribution is 5.87. The fourth-order valence-electron chi connectivity index (χ4n) is 5.99. The molecule has 5 aromatic rings. The second-order valence-electron chi connectivity index (χ2n) is 10.8. The Hall–Kier alpha value is -4.45. The zero-order chi connectivity index (χ0) is 28.3. The van der Waals surface area contributed by atoms with Crippen molar-refractivity contribution in [2.45, 2.75) is 25.8 Å². The minimum Gasteiger partial charge on any atom is -0.368 e. The largest absolute Gasteiger partial charge is 0.368 e. The first-order valence-electron chi connectivity index (χ1n) is 14.1. The molecule has 1 saturated heterocycles. The Morgan fingerprint density at radius 3 is 2.12 bits per heavy atom. The van der Waals surface area contributed by atoms with Gasteiger partial charge in [0.05, 0.1) is 0 Å². The molecule has 208 valence electrons. The summed E-state index contributed by atoms with van der Waals surface area (Å²) in [7, 11) is 0. The lowest BCUT2D eigenvalue weighted by molar-refractivity contribution is -0.131. The molecule has 41 heavy (non-hydrogen) atoms. The van der Waals surface area contributed by atoms with Gasteiger partial charge >= 0.3 is 0 Å². The number of rotatable bonds is 7. The maximum atomic E-state index is 13.9. The minimum absolute atomic E-state index is 0.0964. The van der Waals surface area contributed by atoms with E-state index in [0.717, 1.165) is 40.7 Å². The fraction of sp³-hybridized carbons (Fsp3) is 0.229. The van der Waals surface area contributed by atoms with Crippen LogP contribution in [0.3, 0.4) is 0 Å². The molecule has 0 radical (unpaired) electrons. The van der Waals surface area contributed by atoms with Gasteiger partial charge < -0.3 is 14.4 Å². The number of amides is 1. The number of piperazine rings is 1. The van der Waals surface area contributed by atoms with E-state index in [4.69, 9.17) is 0 Å². The number of aryl methyl sites for hydroxylation is 1. The Kier molecular flexibility index (Phi) is 7.55. The molecule has 1 fully saturated rings. The van der Waals surface area contributed by atoms with E-state index in [-0.39, 0.29) is 23.5 Å². The molecule has 1 aliphatic heterocycles.